The summed E-state index contributed by atoms with van der Waals surface area (Å²) in [5.41, 5.74) is 2.05. The summed E-state index contributed by atoms with van der Waals surface area (Å²) in [4.78, 5) is 32.8. The van der Waals surface area contributed by atoms with Gasteiger partial charge < -0.3 is 9.47 Å². The first-order chi connectivity index (χ1) is 16.9. The summed E-state index contributed by atoms with van der Waals surface area (Å²) in [5.74, 6) is 0.333. The summed E-state index contributed by atoms with van der Waals surface area (Å²) in [6.45, 7) is 0. The predicted molar refractivity (Wildman–Crippen MR) is 129 cm³/mol. The van der Waals surface area contributed by atoms with Crippen LogP contribution < -0.4 is 19.9 Å². The number of benzene rings is 3. The number of rotatable bonds is 3. The molecule has 0 spiro atoms. The molecular formula is C25H16BrFN4O4. The lowest BCUT2D eigenvalue weighted by atomic mass is 10.0. The highest BCUT2D eigenvalue weighted by Gasteiger charge is 2.47. The van der Waals surface area contributed by atoms with Crippen molar-refractivity contribution in [3.63, 3.8) is 0 Å². The van der Waals surface area contributed by atoms with Gasteiger partial charge in [0.2, 0.25) is 0 Å². The van der Waals surface area contributed by atoms with E-state index in [9.17, 15) is 14.0 Å². The van der Waals surface area contributed by atoms with Crippen molar-refractivity contribution in [3.8, 4) is 34.1 Å². The number of aromatic nitrogens is 3. The number of hydrogen-bond acceptors (Lipinski definition) is 6. The third kappa shape index (κ3) is 3.02. The lowest BCUT2D eigenvalue weighted by molar-refractivity contribution is 0.0983. The van der Waals surface area contributed by atoms with Crippen molar-refractivity contribution >= 4 is 27.5 Å². The van der Waals surface area contributed by atoms with Gasteiger partial charge in [-0.1, -0.05) is 22.0 Å². The zero-order valence-corrected chi connectivity index (χ0v) is 20.0. The van der Waals surface area contributed by atoms with Gasteiger partial charge in [0.15, 0.2) is 29.2 Å². The number of halogens is 2. The molecule has 174 valence electrons. The average Bonchev–Trinajstić information content (AvgIpc) is 3.16. The zero-order valence-electron chi connectivity index (χ0n) is 18.5. The molecule has 0 saturated carbocycles. The molecule has 1 atom stereocenters. The number of carbonyl (C=O) groups excluding carboxylic acids is 1. The number of methoxy groups -OCH3 is 2. The summed E-state index contributed by atoms with van der Waals surface area (Å²) >= 11 is 3.47. The van der Waals surface area contributed by atoms with Crippen LogP contribution in [0.1, 0.15) is 22.1 Å². The van der Waals surface area contributed by atoms with Crippen LogP contribution in [0.15, 0.2) is 63.9 Å². The van der Waals surface area contributed by atoms with Crippen LogP contribution in [0, 0.1) is 5.82 Å². The minimum Gasteiger partial charge on any atom is -0.493 e. The maximum absolute atomic E-state index is 13.8. The molecule has 0 radical (unpaired) electrons. The fourth-order valence-corrected chi connectivity index (χ4v) is 5.03. The second kappa shape index (κ2) is 7.74. The standard InChI is InChI=1S/C25H16BrFN4O4/c1-34-18-10-8-15-19(21(18)35-2)25(33)30-17-9-5-13(26)11-16(17)22-28-23(32)20(29-31(22)24(15)30)12-3-6-14(27)7-4-12/h3-11,24H,1-2H3/t24-/m0/s1. The Bertz CT molecular complexity index is 1600. The SMILES string of the molecule is COc1ccc2c(c1OC)C(=O)N1c3ccc(Br)cc3-c3nc(=O)c(-c4ccc(F)cc4)nn3[C@@H]21. The minimum absolute atomic E-state index is 0.0496. The number of nitrogens with zero attached hydrogens (tertiary/aromatic N) is 4. The molecule has 2 aliphatic rings. The Kier molecular flexibility index (Phi) is 4.75. The Morgan fingerprint density at radius 2 is 1.77 bits per heavy atom. The molecule has 0 fully saturated rings. The van der Waals surface area contributed by atoms with Gasteiger partial charge in [-0.2, -0.15) is 10.1 Å². The number of amides is 1. The highest BCUT2D eigenvalue weighted by atomic mass is 79.9. The van der Waals surface area contributed by atoms with E-state index in [1.54, 1.807) is 33.8 Å². The van der Waals surface area contributed by atoms with Crippen molar-refractivity contribution in [3.05, 3.63) is 86.4 Å². The summed E-state index contributed by atoms with van der Waals surface area (Å²) in [6, 6.07) is 14.4. The fourth-order valence-electron chi connectivity index (χ4n) is 4.67. The van der Waals surface area contributed by atoms with Crippen LogP contribution in [0.3, 0.4) is 0 Å². The van der Waals surface area contributed by atoms with E-state index in [0.29, 0.717) is 45.3 Å². The molecular weight excluding hydrogens is 519 g/mol. The largest absolute Gasteiger partial charge is 0.493 e. The van der Waals surface area contributed by atoms with E-state index >= 15 is 0 Å². The monoisotopic (exact) mass is 534 g/mol. The normalized spacial score (nSPS) is 15.3. The number of carbonyl (C=O) groups is 1. The lowest BCUT2D eigenvalue weighted by Gasteiger charge is -2.34. The van der Waals surface area contributed by atoms with E-state index in [1.165, 1.54) is 38.5 Å². The second-order valence-electron chi connectivity index (χ2n) is 8.02. The summed E-state index contributed by atoms with van der Waals surface area (Å²) in [6.07, 6.45) is -0.715. The van der Waals surface area contributed by atoms with E-state index in [1.807, 2.05) is 6.07 Å². The van der Waals surface area contributed by atoms with Gasteiger partial charge in [0.1, 0.15) is 5.82 Å². The smallest absolute Gasteiger partial charge is 0.300 e. The first-order valence-electron chi connectivity index (χ1n) is 10.6. The molecule has 0 saturated heterocycles. The van der Waals surface area contributed by atoms with Crippen molar-refractivity contribution in [1.82, 2.24) is 14.8 Å². The average molecular weight is 535 g/mol. The van der Waals surface area contributed by atoms with Gasteiger partial charge in [-0.15, -0.1) is 0 Å². The summed E-state index contributed by atoms with van der Waals surface area (Å²) in [5, 5.41) is 4.65. The maximum Gasteiger partial charge on any atom is 0.300 e. The molecule has 0 N–H and O–H groups in total. The molecule has 3 heterocycles. The Hall–Kier alpha value is -4.05. The quantitative estimate of drug-likeness (QED) is 0.387. The van der Waals surface area contributed by atoms with Gasteiger partial charge in [-0.25, -0.2) is 9.07 Å². The number of hydrogen-bond donors (Lipinski definition) is 0. The van der Waals surface area contributed by atoms with Crippen LogP contribution in [0.4, 0.5) is 10.1 Å². The van der Waals surface area contributed by atoms with E-state index in [4.69, 9.17) is 9.47 Å². The third-order valence-corrected chi connectivity index (χ3v) is 6.67. The summed E-state index contributed by atoms with van der Waals surface area (Å²) in [7, 11) is 2.98. The van der Waals surface area contributed by atoms with Crippen molar-refractivity contribution in [2.45, 2.75) is 6.17 Å². The van der Waals surface area contributed by atoms with Crippen LogP contribution in [0.25, 0.3) is 22.6 Å². The molecule has 0 bridgehead atoms. The van der Waals surface area contributed by atoms with Gasteiger partial charge >= 0.3 is 0 Å². The molecule has 8 nitrogen and oxygen atoms in total. The van der Waals surface area contributed by atoms with E-state index in [-0.39, 0.29) is 11.6 Å². The minimum atomic E-state index is -0.715. The molecule has 1 aromatic heterocycles. The van der Waals surface area contributed by atoms with Crippen molar-refractivity contribution < 1.29 is 18.7 Å². The number of fused-ring (bicyclic) bond motifs is 8. The number of ether oxygens (including phenoxy) is 2. The van der Waals surface area contributed by atoms with Crippen molar-refractivity contribution in [1.29, 1.82) is 0 Å². The molecule has 3 aromatic carbocycles. The van der Waals surface area contributed by atoms with Crippen LogP contribution in [-0.2, 0) is 0 Å². The molecule has 6 rings (SSSR count). The predicted octanol–water partition coefficient (Wildman–Crippen LogP) is 4.41. The Morgan fingerprint density at radius 1 is 1.00 bits per heavy atom. The van der Waals surface area contributed by atoms with Crippen molar-refractivity contribution in [2.75, 3.05) is 19.1 Å². The first kappa shape index (κ1) is 21.5. The fraction of sp³-hybridized carbons (Fsp3) is 0.120. The second-order valence-corrected chi connectivity index (χ2v) is 8.93. The third-order valence-electron chi connectivity index (χ3n) is 6.18. The van der Waals surface area contributed by atoms with Gasteiger partial charge in [0, 0.05) is 21.2 Å². The number of anilines is 1. The van der Waals surface area contributed by atoms with Crippen LogP contribution in [0.2, 0.25) is 0 Å². The molecule has 10 heteroatoms. The lowest BCUT2D eigenvalue weighted by Crippen LogP contribution is -2.39. The highest BCUT2D eigenvalue weighted by Crippen LogP contribution is 2.50. The molecule has 2 aliphatic heterocycles. The maximum atomic E-state index is 13.8. The van der Waals surface area contributed by atoms with Crippen molar-refractivity contribution in [2.24, 2.45) is 0 Å². The van der Waals surface area contributed by atoms with E-state index in [2.05, 4.69) is 26.0 Å². The molecule has 35 heavy (non-hydrogen) atoms. The molecule has 4 aromatic rings. The molecule has 0 aliphatic carbocycles. The van der Waals surface area contributed by atoms with Crippen LogP contribution in [-0.4, -0.2) is 34.9 Å². The highest BCUT2D eigenvalue weighted by molar-refractivity contribution is 9.10. The Labute approximate surface area is 206 Å². The van der Waals surface area contributed by atoms with Crippen LogP contribution in [0.5, 0.6) is 11.5 Å². The van der Waals surface area contributed by atoms with E-state index < -0.39 is 17.5 Å². The first-order valence-corrected chi connectivity index (χ1v) is 11.4. The van der Waals surface area contributed by atoms with E-state index in [0.717, 1.165) is 4.47 Å². The van der Waals surface area contributed by atoms with Gasteiger partial charge in [-0.05, 0) is 48.5 Å². The topological polar surface area (TPSA) is 86.6 Å². The van der Waals surface area contributed by atoms with Gasteiger partial charge in [-0.3, -0.25) is 14.5 Å². The van der Waals surface area contributed by atoms with Gasteiger partial charge in [0.05, 0.1) is 25.5 Å². The Morgan fingerprint density at radius 3 is 2.49 bits per heavy atom. The van der Waals surface area contributed by atoms with Crippen LogP contribution >= 0.6 is 15.9 Å². The molecule has 0 unspecified atom stereocenters. The Balaban J connectivity index is 1.68. The molecule has 1 amide bonds. The zero-order chi connectivity index (χ0) is 24.4. The summed E-state index contributed by atoms with van der Waals surface area (Å²) < 4.78 is 26.8. The van der Waals surface area contributed by atoms with Gasteiger partial charge in [0.25, 0.3) is 11.5 Å².